The minimum atomic E-state index is -0.639. The van der Waals surface area contributed by atoms with Crippen molar-refractivity contribution in [1.82, 2.24) is 9.88 Å². The van der Waals surface area contributed by atoms with Crippen LogP contribution >= 0.6 is 11.3 Å². The van der Waals surface area contributed by atoms with Gasteiger partial charge in [-0.2, -0.15) is 0 Å². The molecule has 1 aliphatic heterocycles. The molecule has 3 N–H and O–H groups in total. The Labute approximate surface area is 111 Å². The smallest absolute Gasteiger partial charge is 0.228 e. The SMILES string of the molecule is CC1(O)CCCN(C(=O)Cc2csc(N)n2)CC1. The summed E-state index contributed by atoms with van der Waals surface area (Å²) >= 11 is 1.35. The molecule has 1 atom stereocenters. The van der Waals surface area contributed by atoms with Crippen LogP contribution in [0.2, 0.25) is 0 Å². The van der Waals surface area contributed by atoms with E-state index in [0.717, 1.165) is 18.5 Å². The molecule has 1 saturated heterocycles. The molecule has 1 aromatic rings. The van der Waals surface area contributed by atoms with Crippen molar-refractivity contribution in [3.8, 4) is 0 Å². The predicted octanol–water partition coefficient (Wildman–Crippen LogP) is 1.03. The van der Waals surface area contributed by atoms with Crippen molar-refractivity contribution in [2.24, 2.45) is 0 Å². The molecule has 18 heavy (non-hydrogen) atoms. The minimum Gasteiger partial charge on any atom is -0.390 e. The number of carbonyl (C=O) groups is 1. The van der Waals surface area contributed by atoms with Crippen molar-refractivity contribution in [2.75, 3.05) is 18.8 Å². The van der Waals surface area contributed by atoms with E-state index in [0.29, 0.717) is 31.1 Å². The van der Waals surface area contributed by atoms with Crippen molar-refractivity contribution >= 4 is 22.4 Å². The molecule has 0 saturated carbocycles. The number of hydrogen-bond donors (Lipinski definition) is 2. The third-order valence-electron chi connectivity index (χ3n) is 3.32. The van der Waals surface area contributed by atoms with Crippen LogP contribution in [-0.4, -0.2) is 39.6 Å². The number of nitrogens with two attached hydrogens (primary N) is 1. The van der Waals surface area contributed by atoms with Crippen LogP contribution < -0.4 is 5.73 Å². The number of thiazole rings is 1. The monoisotopic (exact) mass is 269 g/mol. The molecule has 0 radical (unpaired) electrons. The zero-order valence-electron chi connectivity index (χ0n) is 10.6. The Kier molecular flexibility index (Phi) is 3.87. The molecule has 0 spiro atoms. The molecular formula is C12H19N3O2S. The number of aliphatic hydroxyl groups is 1. The molecule has 2 heterocycles. The van der Waals surface area contributed by atoms with Gasteiger partial charge in [0, 0.05) is 18.5 Å². The van der Waals surface area contributed by atoms with E-state index < -0.39 is 5.60 Å². The van der Waals surface area contributed by atoms with Crippen LogP contribution in [0.5, 0.6) is 0 Å². The zero-order chi connectivity index (χ0) is 13.2. The maximum absolute atomic E-state index is 12.1. The third kappa shape index (κ3) is 3.43. The van der Waals surface area contributed by atoms with E-state index in [2.05, 4.69) is 4.98 Å². The summed E-state index contributed by atoms with van der Waals surface area (Å²) in [5, 5.41) is 12.3. The molecule has 6 heteroatoms. The van der Waals surface area contributed by atoms with E-state index >= 15 is 0 Å². The van der Waals surface area contributed by atoms with Crippen LogP contribution in [0.1, 0.15) is 31.9 Å². The molecule has 1 aliphatic rings. The van der Waals surface area contributed by atoms with E-state index in [4.69, 9.17) is 5.73 Å². The second-order valence-electron chi connectivity index (χ2n) is 5.09. The van der Waals surface area contributed by atoms with Gasteiger partial charge in [0.2, 0.25) is 5.91 Å². The van der Waals surface area contributed by atoms with Gasteiger partial charge in [0.25, 0.3) is 0 Å². The maximum atomic E-state index is 12.1. The second kappa shape index (κ2) is 5.24. The Morgan fingerprint density at radius 2 is 2.39 bits per heavy atom. The number of anilines is 1. The number of amides is 1. The van der Waals surface area contributed by atoms with Gasteiger partial charge in [-0.25, -0.2) is 4.98 Å². The van der Waals surface area contributed by atoms with Crippen LogP contribution in [-0.2, 0) is 11.2 Å². The van der Waals surface area contributed by atoms with Gasteiger partial charge in [0.05, 0.1) is 17.7 Å². The Bertz CT molecular complexity index is 431. The molecule has 100 valence electrons. The van der Waals surface area contributed by atoms with Gasteiger partial charge in [-0.05, 0) is 26.2 Å². The van der Waals surface area contributed by atoms with Gasteiger partial charge < -0.3 is 15.7 Å². The van der Waals surface area contributed by atoms with E-state index in [1.165, 1.54) is 11.3 Å². The average molecular weight is 269 g/mol. The number of nitrogens with zero attached hydrogens (tertiary/aromatic N) is 2. The van der Waals surface area contributed by atoms with Crippen LogP contribution in [0.15, 0.2) is 5.38 Å². The van der Waals surface area contributed by atoms with Gasteiger partial charge >= 0.3 is 0 Å². The maximum Gasteiger partial charge on any atom is 0.228 e. The van der Waals surface area contributed by atoms with Gasteiger partial charge in [0.1, 0.15) is 0 Å². The summed E-state index contributed by atoms with van der Waals surface area (Å²) in [5.74, 6) is 0.0676. The van der Waals surface area contributed by atoms with Crippen molar-refractivity contribution < 1.29 is 9.90 Å². The van der Waals surface area contributed by atoms with E-state index in [1.807, 2.05) is 17.2 Å². The number of carbonyl (C=O) groups excluding carboxylic acids is 1. The number of nitrogen functional groups attached to an aromatic ring is 1. The van der Waals surface area contributed by atoms with Crippen LogP contribution in [0.25, 0.3) is 0 Å². The molecule has 0 aliphatic carbocycles. The lowest BCUT2D eigenvalue weighted by Crippen LogP contribution is -2.34. The minimum absolute atomic E-state index is 0.0676. The number of aromatic nitrogens is 1. The summed E-state index contributed by atoms with van der Waals surface area (Å²) in [6.07, 6.45) is 2.53. The van der Waals surface area contributed by atoms with Crippen LogP contribution in [0.4, 0.5) is 5.13 Å². The Hall–Kier alpha value is -1.14. The molecule has 1 aromatic heterocycles. The van der Waals surface area contributed by atoms with Crippen LogP contribution in [0, 0.1) is 0 Å². The topological polar surface area (TPSA) is 79.5 Å². The first kappa shape index (κ1) is 13.3. The largest absolute Gasteiger partial charge is 0.390 e. The highest BCUT2D eigenvalue weighted by atomic mass is 32.1. The molecule has 1 unspecified atom stereocenters. The number of hydrogen-bond acceptors (Lipinski definition) is 5. The highest BCUT2D eigenvalue weighted by molar-refractivity contribution is 7.13. The summed E-state index contributed by atoms with van der Waals surface area (Å²) in [4.78, 5) is 18.0. The van der Waals surface area contributed by atoms with E-state index in [-0.39, 0.29) is 5.91 Å². The summed E-state index contributed by atoms with van der Waals surface area (Å²) in [6, 6.07) is 0. The van der Waals surface area contributed by atoms with Gasteiger partial charge in [-0.15, -0.1) is 11.3 Å². The highest BCUT2D eigenvalue weighted by Crippen LogP contribution is 2.22. The quantitative estimate of drug-likeness (QED) is 0.840. The summed E-state index contributed by atoms with van der Waals surface area (Å²) in [6.45, 7) is 3.17. The first-order valence-electron chi connectivity index (χ1n) is 6.16. The van der Waals surface area contributed by atoms with Crippen molar-refractivity contribution in [3.63, 3.8) is 0 Å². The Morgan fingerprint density at radius 3 is 3.06 bits per heavy atom. The Morgan fingerprint density at radius 1 is 1.61 bits per heavy atom. The second-order valence-corrected chi connectivity index (χ2v) is 5.97. The fraction of sp³-hybridized carbons (Fsp3) is 0.667. The third-order valence-corrected chi connectivity index (χ3v) is 4.04. The predicted molar refractivity (Wildman–Crippen MR) is 71.3 cm³/mol. The van der Waals surface area contributed by atoms with Crippen molar-refractivity contribution in [1.29, 1.82) is 0 Å². The van der Waals surface area contributed by atoms with E-state index in [1.54, 1.807) is 0 Å². The fourth-order valence-corrected chi connectivity index (χ4v) is 2.75. The normalized spacial score (nSPS) is 24.9. The summed E-state index contributed by atoms with van der Waals surface area (Å²) < 4.78 is 0. The first-order valence-corrected chi connectivity index (χ1v) is 7.04. The number of likely N-dealkylation sites (tertiary alicyclic amines) is 1. The lowest BCUT2D eigenvalue weighted by Gasteiger charge is -2.22. The highest BCUT2D eigenvalue weighted by Gasteiger charge is 2.27. The molecular weight excluding hydrogens is 250 g/mol. The van der Waals surface area contributed by atoms with Gasteiger partial charge in [-0.3, -0.25) is 4.79 Å². The Balaban J connectivity index is 1.93. The molecule has 5 nitrogen and oxygen atoms in total. The standard InChI is InChI=1S/C12H19N3O2S/c1-12(17)3-2-5-15(6-4-12)10(16)7-9-8-18-11(13)14-9/h8,17H,2-7H2,1H3,(H2,13,14). The molecule has 2 rings (SSSR count). The summed E-state index contributed by atoms with van der Waals surface area (Å²) in [5.41, 5.74) is 5.64. The molecule has 0 aromatic carbocycles. The fourth-order valence-electron chi connectivity index (χ4n) is 2.18. The average Bonchev–Trinajstić information content (AvgIpc) is 2.58. The lowest BCUT2D eigenvalue weighted by molar-refractivity contribution is -0.130. The van der Waals surface area contributed by atoms with Crippen molar-refractivity contribution in [2.45, 2.75) is 38.2 Å². The number of rotatable bonds is 2. The van der Waals surface area contributed by atoms with Gasteiger partial charge in [0.15, 0.2) is 5.13 Å². The van der Waals surface area contributed by atoms with Crippen LogP contribution in [0.3, 0.4) is 0 Å². The molecule has 1 fully saturated rings. The zero-order valence-corrected chi connectivity index (χ0v) is 11.4. The summed E-state index contributed by atoms with van der Waals surface area (Å²) in [7, 11) is 0. The van der Waals surface area contributed by atoms with Gasteiger partial charge in [-0.1, -0.05) is 0 Å². The molecule has 1 amide bonds. The lowest BCUT2D eigenvalue weighted by atomic mass is 9.98. The van der Waals surface area contributed by atoms with E-state index in [9.17, 15) is 9.90 Å². The molecule has 0 bridgehead atoms. The van der Waals surface area contributed by atoms with Crippen molar-refractivity contribution in [3.05, 3.63) is 11.1 Å². The first-order chi connectivity index (χ1) is 8.46.